The van der Waals surface area contributed by atoms with Crippen LogP contribution in [0, 0.1) is 5.82 Å². The maximum atomic E-state index is 12.9. The van der Waals surface area contributed by atoms with Gasteiger partial charge in [0.25, 0.3) is 5.91 Å². The maximum Gasteiger partial charge on any atom is 0.253 e. The first kappa shape index (κ1) is 14.9. The van der Waals surface area contributed by atoms with Crippen LogP contribution in [0.2, 0.25) is 5.02 Å². The molecule has 0 spiro atoms. The van der Waals surface area contributed by atoms with E-state index in [9.17, 15) is 19.4 Å². The van der Waals surface area contributed by atoms with Crippen molar-refractivity contribution in [3.8, 4) is 0 Å². The molecule has 0 unspecified atom stereocenters. The predicted molar refractivity (Wildman–Crippen MR) is 66.1 cm³/mol. The molecule has 100 valence electrons. The number of benzene rings is 1. The van der Waals surface area contributed by atoms with Crippen LogP contribution < -0.4 is 5.32 Å². The number of aliphatic hydroxyl groups excluding tert-OH is 2. The third kappa shape index (κ3) is 3.19. The van der Waals surface area contributed by atoms with Gasteiger partial charge in [0, 0.05) is 0 Å². The lowest BCUT2D eigenvalue weighted by molar-refractivity contribution is 0.0653. The first-order valence-corrected chi connectivity index (χ1v) is 5.85. The number of rotatable bonds is 5. The van der Waals surface area contributed by atoms with E-state index in [2.05, 4.69) is 5.32 Å². The summed E-state index contributed by atoms with van der Waals surface area (Å²) in [5, 5.41) is 20.9. The lowest BCUT2D eigenvalue weighted by Gasteiger charge is -2.29. The number of nitrogens with one attached hydrogen (secondary N) is 1. The van der Waals surface area contributed by atoms with Crippen molar-refractivity contribution in [2.75, 3.05) is 13.2 Å². The molecular formula is C12H15ClFNO3. The summed E-state index contributed by atoms with van der Waals surface area (Å²) in [6.07, 6.45) is 0.352. The molecule has 1 amide bonds. The average Bonchev–Trinajstić information content (AvgIpc) is 2.36. The molecule has 0 radical (unpaired) electrons. The summed E-state index contributed by atoms with van der Waals surface area (Å²) in [7, 11) is 0. The zero-order valence-electron chi connectivity index (χ0n) is 9.91. The second kappa shape index (κ2) is 6.13. The Labute approximate surface area is 109 Å². The second-order valence-electron chi connectivity index (χ2n) is 4.03. The van der Waals surface area contributed by atoms with E-state index in [4.69, 9.17) is 11.6 Å². The van der Waals surface area contributed by atoms with Gasteiger partial charge >= 0.3 is 0 Å². The largest absolute Gasteiger partial charge is 0.394 e. The Morgan fingerprint density at radius 3 is 2.50 bits per heavy atom. The normalized spacial score (nSPS) is 11.4. The SMILES string of the molecule is CCC(CO)(CO)NC(=O)c1ccc(F)cc1Cl. The number of amides is 1. The molecule has 1 aromatic carbocycles. The standard InChI is InChI=1S/C12H15ClFNO3/c1-2-12(6-16,7-17)15-11(18)9-4-3-8(14)5-10(9)13/h3-5,16-17H,2,6-7H2,1H3,(H,15,18). The fourth-order valence-electron chi connectivity index (χ4n) is 1.42. The summed E-state index contributed by atoms with van der Waals surface area (Å²) in [4.78, 5) is 11.9. The fraction of sp³-hybridized carbons (Fsp3) is 0.417. The van der Waals surface area contributed by atoms with Crippen LogP contribution in [0.25, 0.3) is 0 Å². The molecule has 0 heterocycles. The molecular weight excluding hydrogens is 261 g/mol. The summed E-state index contributed by atoms with van der Waals surface area (Å²) in [6, 6.07) is 3.40. The molecule has 0 fully saturated rings. The summed E-state index contributed by atoms with van der Waals surface area (Å²) >= 11 is 5.76. The van der Waals surface area contributed by atoms with Gasteiger partial charge in [-0.15, -0.1) is 0 Å². The lowest BCUT2D eigenvalue weighted by Crippen LogP contribution is -2.53. The van der Waals surface area contributed by atoms with Crippen LogP contribution in [0.5, 0.6) is 0 Å². The molecule has 6 heteroatoms. The van der Waals surface area contributed by atoms with E-state index in [1.807, 2.05) is 0 Å². The van der Waals surface area contributed by atoms with Crippen LogP contribution in [0.15, 0.2) is 18.2 Å². The van der Waals surface area contributed by atoms with Crippen molar-refractivity contribution in [3.05, 3.63) is 34.6 Å². The van der Waals surface area contributed by atoms with E-state index in [0.717, 1.165) is 12.1 Å². The van der Waals surface area contributed by atoms with Gasteiger partial charge in [-0.1, -0.05) is 18.5 Å². The highest BCUT2D eigenvalue weighted by Gasteiger charge is 2.29. The highest BCUT2D eigenvalue weighted by molar-refractivity contribution is 6.33. The van der Waals surface area contributed by atoms with Crippen LogP contribution in [-0.4, -0.2) is 34.9 Å². The van der Waals surface area contributed by atoms with Gasteiger partial charge in [-0.2, -0.15) is 0 Å². The van der Waals surface area contributed by atoms with Crippen molar-refractivity contribution in [2.24, 2.45) is 0 Å². The molecule has 0 atom stereocenters. The zero-order valence-corrected chi connectivity index (χ0v) is 10.7. The van der Waals surface area contributed by atoms with Gasteiger partial charge in [0.05, 0.1) is 29.3 Å². The van der Waals surface area contributed by atoms with Gasteiger partial charge in [0.1, 0.15) is 5.82 Å². The van der Waals surface area contributed by atoms with Crippen LogP contribution in [0.1, 0.15) is 23.7 Å². The molecule has 0 aromatic heterocycles. The second-order valence-corrected chi connectivity index (χ2v) is 4.44. The van der Waals surface area contributed by atoms with Crippen molar-refractivity contribution in [1.29, 1.82) is 0 Å². The Hall–Kier alpha value is -1.17. The van der Waals surface area contributed by atoms with E-state index in [-0.39, 0.29) is 10.6 Å². The molecule has 0 aliphatic rings. The Kier molecular flexibility index (Phi) is 5.07. The van der Waals surface area contributed by atoms with E-state index in [0.29, 0.717) is 6.42 Å². The van der Waals surface area contributed by atoms with Gasteiger partial charge in [-0.3, -0.25) is 4.79 Å². The van der Waals surface area contributed by atoms with Gasteiger partial charge in [0.2, 0.25) is 0 Å². The molecule has 0 aliphatic carbocycles. The lowest BCUT2D eigenvalue weighted by atomic mass is 9.98. The van der Waals surface area contributed by atoms with Gasteiger partial charge in [-0.25, -0.2) is 4.39 Å². The fourth-order valence-corrected chi connectivity index (χ4v) is 1.68. The third-order valence-electron chi connectivity index (χ3n) is 2.84. The van der Waals surface area contributed by atoms with E-state index < -0.39 is 30.5 Å². The first-order chi connectivity index (χ1) is 8.48. The predicted octanol–water partition coefficient (Wildman–Crippen LogP) is 1.34. The smallest absolute Gasteiger partial charge is 0.253 e. The van der Waals surface area contributed by atoms with Crippen LogP contribution in [0.3, 0.4) is 0 Å². The Morgan fingerprint density at radius 2 is 2.06 bits per heavy atom. The number of halogens is 2. The molecule has 4 nitrogen and oxygen atoms in total. The molecule has 1 aromatic rings. The summed E-state index contributed by atoms with van der Waals surface area (Å²) in [5.41, 5.74) is -1.01. The number of aliphatic hydroxyl groups is 2. The number of hydrogen-bond donors (Lipinski definition) is 3. The Balaban J connectivity index is 2.94. The van der Waals surface area contributed by atoms with E-state index in [1.165, 1.54) is 6.07 Å². The summed E-state index contributed by atoms with van der Waals surface area (Å²) in [5.74, 6) is -1.10. The van der Waals surface area contributed by atoms with Crippen molar-refractivity contribution >= 4 is 17.5 Å². The van der Waals surface area contributed by atoms with Crippen molar-refractivity contribution in [2.45, 2.75) is 18.9 Å². The van der Waals surface area contributed by atoms with Crippen molar-refractivity contribution < 1.29 is 19.4 Å². The number of carbonyl (C=O) groups is 1. The van der Waals surface area contributed by atoms with Gasteiger partial charge in [0.15, 0.2) is 0 Å². The molecule has 3 N–H and O–H groups in total. The van der Waals surface area contributed by atoms with E-state index in [1.54, 1.807) is 6.92 Å². The molecule has 0 saturated heterocycles. The third-order valence-corrected chi connectivity index (χ3v) is 3.15. The minimum Gasteiger partial charge on any atom is -0.394 e. The quantitative estimate of drug-likeness (QED) is 0.760. The minimum atomic E-state index is -1.10. The van der Waals surface area contributed by atoms with E-state index >= 15 is 0 Å². The summed E-state index contributed by atoms with van der Waals surface area (Å²) in [6.45, 7) is 0.925. The summed E-state index contributed by atoms with van der Waals surface area (Å²) < 4.78 is 12.9. The van der Waals surface area contributed by atoms with Gasteiger partial charge < -0.3 is 15.5 Å². The monoisotopic (exact) mass is 275 g/mol. The van der Waals surface area contributed by atoms with Crippen LogP contribution in [0.4, 0.5) is 4.39 Å². The Bertz CT molecular complexity index is 427. The van der Waals surface area contributed by atoms with Gasteiger partial charge in [-0.05, 0) is 24.6 Å². The molecule has 18 heavy (non-hydrogen) atoms. The maximum absolute atomic E-state index is 12.9. The topological polar surface area (TPSA) is 69.6 Å². The highest BCUT2D eigenvalue weighted by atomic mass is 35.5. The van der Waals surface area contributed by atoms with Crippen LogP contribution >= 0.6 is 11.6 Å². The minimum absolute atomic E-state index is 0.0200. The first-order valence-electron chi connectivity index (χ1n) is 5.47. The average molecular weight is 276 g/mol. The zero-order chi connectivity index (χ0) is 13.8. The van der Waals surface area contributed by atoms with Crippen molar-refractivity contribution in [3.63, 3.8) is 0 Å². The Morgan fingerprint density at radius 1 is 1.44 bits per heavy atom. The molecule has 1 rings (SSSR count). The highest BCUT2D eigenvalue weighted by Crippen LogP contribution is 2.18. The molecule has 0 saturated carbocycles. The molecule has 0 bridgehead atoms. The molecule has 0 aliphatic heterocycles. The number of carbonyl (C=O) groups excluding carboxylic acids is 1. The van der Waals surface area contributed by atoms with Crippen molar-refractivity contribution in [1.82, 2.24) is 5.32 Å². The van der Waals surface area contributed by atoms with Crippen LogP contribution in [-0.2, 0) is 0 Å². The number of hydrogen-bond acceptors (Lipinski definition) is 3.